The molecule has 0 saturated heterocycles. The maximum absolute atomic E-state index is 12.4. The van der Waals surface area contributed by atoms with Crippen LogP contribution in [0.25, 0.3) is 0 Å². The van der Waals surface area contributed by atoms with Crippen molar-refractivity contribution in [1.82, 2.24) is 5.32 Å². The van der Waals surface area contributed by atoms with Crippen LogP contribution in [0.3, 0.4) is 0 Å². The molecule has 0 aliphatic carbocycles. The van der Waals surface area contributed by atoms with Gasteiger partial charge < -0.3 is 15.7 Å². The number of anilines is 1. The second-order valence-electron chi connectivity index (χ2n) is 6.43. The summed E-state index contributed by atoms with van der Waals surface area (Å²) >= 11 is 0. The second kappa shape index (κ2) is 9.52. The van der Waals surface area contributed by atoms with Gasteiger partial charge >= 0.3 is 5.97 Å². The van der Waals surface area contributed by atoms with E-state index in [4.69, 9.17) is 5.11 Å². The third-order valence-electron chi connectivity index (χ3n) is 4.10. The lowest BCUT2D eigenvalue weighted by Gasteiger charge is -2.09. The van der Waals surface area contributed by atoms with Crippen molar-refractivity contribution in [3.63, 3.8) is 0 Å². The van der Waals surface area contributed by atoms with Gasteiger partial charge in [-0.25, -0.2) is 0 Å². The molecule has 0 heterocycles. The molecule has 2 aromatic rings. The average Bonchev–Trinajstić information content (AvgIpc) is 2.67. The van der Waals surface area contributed by atoms with Crippen LogP contribution in [0.15, 0.2) is 48.5 Å². The van der Waals surface area contributed by atoms with Crippen molar-refractivity contribution in [3.05, 3.63) is 65.2 Å². The summed E-state index contributed by atoms with van der Waals surface area (Å²) in [5, 5.41) is 14.5. The van der Waals surface area contributed by atoms with Gasteiger partial charge in [0.05, 0.1) is 5.92 Å². The van der Waals surface area contributed by atoms with Crippen molar-refractivity contribution < 1.29 is 19.5 Å². The van der Waals surface area contributed by atoms with Crippen LogP contribution in [0, 0.1) is 5.92 Å². The Bertz CT molecular complexity index is 815. The van der Waals surface area contributed by atoms with Gasteiger partial charge in [-0.05, 0) is 48.7 Å². The molecule has 142 valence electrons. The summed E-state index contributed by atoms with van der Waals surface area (Å²) in [5.74, 6) is -1.82. The van der Waals surface area contributed by atoms with E-state index in [1.54, 1.807) is 55.5 Å². The number of benzene rings is 2. The Hall–Kier alpha value is -3.15. The highest BCUT2D eigenvalue weighted by Gasteiger charge is 2.13. The van der Waals surface area contributed by atoms with E-state index in [1.165, 1.54) is 0 Å². The highest BCUT2D eigenvalue weighted by atomic mass is 16.4. The monoisotopic (exact) mass is 368 g/mol. The van der Waals surface area contributed by atoms with Crippen molar-refractivity contribution in [1.29, 1.82) is 0 Å². The van der Waals surface area contributed by atoms with E-state index in [0.29, 0.717) is 29.8 Å². The standard InChI is InChI=1S/C21H24N2O4/c1-3-11-22-19(24)16-5-4-6-17(13-16)20(25)23-18-9-7-15(8-10-18)12-14(2)21(26)27/h4-10,13-14H,3,11-12H2,1-2H3,(H,22,24)(H,23,25)(H,26,27). The lowest BCUT2D eigenvalue weighted by Crippen LogP contribution is -2.24. The Morgan fingerprint density at radius 1 is 1.00 bits per heavy atom. The predicted octanol–water partition coefficient (Wildman–Crippen LogP) is 3.34. The molecule has 6 heteroatoms. The van der Waals surface area contributed by atoms with Crippen LogP contribution in [0.1, 0.15) is 46.5 Å². The van der Waals surface area contributed by atoms with Crippen molar-refractivity contribution in [2.24, 2.45) is 5.92 Å². The van der Waals surface area contributed by atoms with E-state index in [0.717, 1.165) is 12.0 Å². The summed E-state index contributed by atoms with van der Waals surface area (Å²) in [6.45, 7) is 4.21. The molecule has 2 amide bonds. The molecule has 0 aliphatic heterocycles. The molecule has 3 N–H and O–H groups in total. The van der Waals surface area contributed by atoms with Gasteiger partial charge in [-0.2, -0.15) is 0 Å². The van der Waals surface area contributed by atoms with E-state index in [9.17, 15) is 14.4 Å². The summed E-state index contributed by atoms with van der Waals surface area (Å²) in [4.78, 5) is 35.4. The molecule has 2 aromatic carbocycles. The Kier molecular flexibility index (Phi) is 7.11. The number of carbonyl (C=O) groups is 3. The number of aliphatic carboxylic acids is 1. The topological polar surface area (TPSA) is 95.5 Å². The van der Waals surface area contributed by atoms with Crippen LogP contribution in [-0.2, 0) is 11.2 Å². The first-order chi connectivity index (χ1) is 12.9. The van der Waals surface area contributed by atoms with Crippen molar-refractivity contribution in [2.75, 3.05) is 11.9 Å². The Balaban J connectivity index is 2.02. The fourth-order valence-electron chi connectivity index (χ4n) is 2.51. The molecule has 0 spiro atoms. The number of hydrogen-bond donors (Lipinski definition) is 3. The lowest BCUT2D eigenvalue weighted by molar-refractivity contribution is -0.141. The quantitative estimate of drug-likeness (QED) is 0.666. The third kappa shape index (κ3) is 5.95. The first-order valence-electron chi connectivity index (χ1n) is 8.92. The number of carboxylic acid groups (broad SMARTS) is 1. The maximum atomic E-state index is 12.4. The van der Waals surface area contributed by atoms with Gasteiger partial charge in [-0.15, -0.1) is 0 Å². The Morgan fingerprint density at radius 3 is 2.22 bits per heavy atom. The summed E-state index contributed by atoms with van der Waals surface area (Å²) < 4.78 is 0. The van der Waals surface area contributed by atoms with Crippen LogP contribution in [0.2, 0.25) is 0 Å². The van der Waals surface area contributed by atoms with Crippen molar-refractivity contribution in [3.8, 4) is 0 Å². The molecule has 0 aromatic heterocycles. The maximum Gasteiger partial charge on any atom is 0.306 e. The van der Waals surface area contributed by atoms with Gasteiger partial charge in [0.25, 0.3) is 11.8 Å². The normalized spacial score (nSPS) is 11.5. The molecule has 0 bridgehead atoms. The predicted molar refractivity (Wildman–Crippen MR) is 104 cm³/mol. The van der Waals surface area contributed by atoms with Gasteiger partial charge in [-0.1, -0.05) is 32.0 Å². The fraction of sp³-hybridized carbons (Fsp3) is 0.286. The van der Waals surface area contributed by atoms with Crippen LogP contribution in [0.5, 0.6) is 0 Å². The van der Waals surface area contributed by atoms with Crippen LogP contribution in [-0.4, -0.2) is 29.4 Å². The molecule has 27 heavy (non-hydrogen) atoms. The summed E-state index contributed by atoms with van der Waals surface area (Å²) in [5.41, 5.74) is 2.32. The molecular formula is C21H24N2O4. The molecule has 1 unspecified atom stereocenters. The van der Waals surface area contributed by atoms with Gasteiger partial charge in [0, 0.05) is 23.4 Å². The number of carboxylic acids is 1. The fourth-order valence-corrected chi connectivity index (χ4v) is 2.51. The molecule has 0 saturated carbocycles. The van der Waals surface area contributed by atoms with E-state index >= 15 is 0 Å². The van der Waals surface area contributed by atoms with E-state index in [-0.39, 0.29) is 11.8 Å². The van der Waals surface area contributed by atoms with E-state index < -0.39 is 11.9 Å². The second-order valence-corrected chi connectivity index (χ2v) is 6.43. The smallest absolute Gasteiger partial charge is 0.306 e. The number of nitrogens with one attached hydrogen (secondary N) is 2. The minimum absolute atomic E-state index is 0.205. The van der Waals surface area contributed by atoms with Gasteiger partial charge in [0.2, 0.25) is 0 Å². The van der Waals surface area contributed by atoms with Crippen LogP contribution >= 0.6 is 0 Å². The number of hydrogen-bond acceptors (Lipinski definition) is 3. The first-order valence-corrected chi connectivity index (χ1v) is 8.92. The largest absolute Gasteiger partial charge is 0.481 e. The molecule has 0 fully saturated rings. The summed E-state index contributed by atoms with van der Waals surface area (Å²) in [6.07, 6.45) is 1.27. The van der Waals surface area contributed by atoms with Gasteiger partial charge in [-0.3, -0.25) is 14.4 Å². The molecular weight excluding hydrogens is 344 g/mol. The molecule has 6 nitrogen and oxygen atoms in total. The Labute approximate surface area is 158 Å². The highest BCUT2D eigenvalue weighted by molar-refractivity contribution is 6.06. The molecule has 0 aliphatic rings. The third-order valence-corrected chi connectivity index (χ3v) is 4.10. The van der Waals surface area contributed by atoms with Crippen LogP contribution < -0.4 is 10.6 Å². The van der Waals surface area contributed by atoms with Gasteiger partial charge in [0.1, 0.15) is 0 Å². The summed E-state index contributed by atoms with van der Waals surface area (Å²) in [6, 6.07) is 13.6. The van der Waals surface area contributed by atoms with Crippen LogP contribution in [0.4, 0.5) is 5.69 Å². The lowest BCUT2D eigenvalue weighted by atomic mass is 10.0. The first kappa shape index (κ1) is 20.2. The zero-order valence-corrected chi connectivity index (χ0v) is 15.5. The van der Waals surface area contributed by atoms with Gasteiger partial charge in [0.15, 0.2) is 0 Å². The Morgan fingerprint density at radius 2 is 1.63 bits per heavy atom. The molecule has 2 rings (SSSR count). The SMILES string of the molecule is CCCNC(=O)c1cccc(C(=O)Nc2ccc(CC(C)C(=O)O)cc2)c1. The molecule has 1 atom stereocenters. The van der Waals surface area contributed by atoms with Crippen molar-refractivity contribution >= 4 is 23.5 Å². The summed E-state index contributed by atoms with van der Waals surface area (Å²) in [7, 11) is 0. The minimum atomic E-state index is -0.838. The van der Waals surface area contributed by atoms with E-state index in [2.05, 4.69) is 10.6 Å². The zero-order chi connectivity index (χ0) is 19.8. The minimum Gasteiger partial charge on any atom is -0.481 e. The number of rotatable bonds is 8. The number of amides is 2. The highest BCUT2D eigenvalue weighted by Crippen LogP contribution is 2.15. The average molecular weight is 368 g/mol. The van der Waals surface area contributed by atoms with E-state index in [1.807, 2.05) is 6.92 Å². The number of carbonyl (C=O) groups excluding carboxylic acids is 2. The zero-order valence-electron chi connectivity index (χ0n) is 15.5. The molecule has 0 radical (unpaired) electrons. The van der Waals surface area contributed by atoms with Crippen molar-refractivity contribution in [2.45, 2.75) is 26.7 Å².